The lowest BCUT2D eigenvalue weighted by Gasteiger charge is -2.26. The molecule has 1 N–H and O–H groups in total. The highest BCUT2D eigenvalue weighted by molar-refractivity contribution is 5.40. The summed E-state index contributed by atoms with van der Waals surface area (Å²) in [4.78, 5) is 11.2. The van der Waals surface area contributed by atoms with Gasteiger partial charge in [-0.15, -0.1) is 0 Å². The smallest absolute Gasteiger partial charge is 0.234 e. The standard InChI is InChI=1S/C14H22N4O/c1-2-19-14-10-15-9-13(17-14)18-7-3-4-12(18)8-16-11-5-6-11/h9-12,16H,2-8H2,1H3. The van der Waals surface area contributed by atoms with E-state index < -0.39 is 0 Å². The van der Waals surface area contributed by atoms with Crippen LogP contribution in [0.1, 0.15) is 32.6 Å². The van der Waals surface area contributed by atoms with Gasteiger partial charge in [-0.2, -0.15) is 4.98 Å². The highest BCUT2D eigenvalue weighted by atomic mass is 16.5. The van der Waals surface area contributed by atoms with E-state index in [4.69, 9.17) is 4.74 Å². The van der Waals surface area contributed by atoms with Crippen molar-refractivity contribution in [2.45, 2.75) is 44.7 Å². The molecule has 1 aromatic rings. The van der Waals surface area contributed by atoms with E-state index in [2.05, 4.69) is 20.2 Å². The van der Waals surface area contributed by atoms with E-state index in [0.717, 1.165) is 24.9 Å². The van der Waals surface area contributed by atoms with E-state index in [-0.39, 0.29) is 0 Å². The third kappa shape index (κ3) is 3.15. The quantitative estimate of drug-likeness (QED) is 0.844. The molecule has 0 amide bonds. The van der Waals surface area contributed by atoms with Crippen LogP contribution in [-0.4, -0.2) is 41.7 Å². The number of hydrogen-bond donors (Lipinski definition) is 1. The van der Waals surface area contributed by atoms with E-state index in [1.807, 2.05) is 13.1 Å². The lowest BCUT2D eigenvalue weighted by atomic mass is 10.2. The maximum Gasteiger partial charge on any atom is 0.234 e. The van der Waals surface area contributed by atoms with E-state index in [0.29, 0.717) is 18.5 Å². The molecule has 0 aromatic carbocycles. The molecule has 2 fully saturated rings. The normalized spacial score (nSPS) is 22.8. The van der Waals surface area contributed by atoms with Gasteiger partial charge in [-0.25, -0.2) is 0 Å². The van der Waals surface area contributed by atoms with Crippen molar-refractivity contribution < 1.29 is 4.74 Å². The topological polar surface area (TPSA) is 50.3 Å². The van der Waals surface area contributed by atoms with E-state index in [9.17, 15) is 0 Å². The number of nitrogens with one attached hydrogen (secondary N) is 1. The molecule has 2 heterocycles. The van der Waals surface area contributed by atoms with E-state index in [1.165, 1.54) is 25.7 Å². The molecule has 1 unspecified atom stereocenters. The van der Waals surface area contributed by atoms with Gasteiger partial charge in [0.15, 0.2) is 5.82 Å². The molecule has 0 bridgehead atoms. The molecule has 104 valence electrons. The predicted molar refractivity (Wildman–Crippen MR) is 74.6 cm³/mol. The van der Waals surface area contributed by atoms with Crippen molar-refractivity contribution in [1.29, 1.82) is 0 Å². The Morgan fingerprint density at radius 2 is 2.26 bits per heavy atom. The first-order chi connectivity index (χ1) is 9.36. The summed E-state index contributed by atoms with van der Waals surface area (Å²) in [6.07, 6.45) is 8.68. The second-order valence-corrected chi connectivity index (χ2v) is 5.32. The fourth-order valence-electron chi connectivity index (χ4n) is 2.63. The number of ether oxygens (including phenoxy) is 1. The third-order valence-corrected chi connectivity index (χ3v) is 3.78. The summed E-state index contributed by atoms with van der Waals surface area (Å²) in [7, 11) is 0. The predicted octanol–water partition coefficient (Wildman–Crippen LogP) is 1.60. The fourth-order valence-corrected chi connectivity index (χ4v) is 2.63. The molecule has 1 aliphatic heterocycles. The van der Waals surface area contributed by atoms with Gasteiger partial charge in [0.25, 0.3) is 0 Å². The Hall–Kier alpha value is -1.36. The summed E-state index contributed by atoms with van der Waals surface area (Å²) in [6.45, 7) is 4.73. The van der Waals surface area contributed by atoms with Crippen LogP contribution in [0.15, 0.2) is 12.4 Å². The lowest BCUT2D eigenvalue weighted by Crippen LogP contribution is -2.39. The van der Waals surface area contributed by atoms with Crippen molar-refractivity contribution in [1.82, 2.24) is 15.3 Å². The highest BCUT2D eigenvalue weighted by Crippen LogP contribution is 2.25. The van der Waals surface area contributed by atoms with Crippen molar-refractivity contribution in [2.24, 2.45) is 0 Å². The highest BCUT2D eigenvalue weighted by Gasteiger charge is 2.28. The van der Waals surface area contributed by atoms with Gasteiger partial charge in [-0.05, 0) is 32.6 Å². The second-order valence-electron chi connectivity index (χ2n) is 5.32. The minimum absolute atomic E-state index is 0.548. The molecule has 0 spiro atoms. The summed E-state index contributed by atoms with van der Waals surface area (Å²) >= 11 is 0. The third-order valence-electron chi connectivity index (χ3n) is 3.78. The van der Waals surface area contributed by atoms with Gasteiger partial charge in [0, 0.05) is 25.2 Å². The first-order valence-electron chi connectivity index (χ1n) is 7.31. The first kappa shape index (κ1) is 12.7. The van der Waals surface area contributed by atoms with Crippen molar-refractivity contribution in [3.05, 3.63) is 12.4 Å². The fraction of sp³-hybridized carbons (Fsp3) is 0.714. The average molecular weight is 262 g/mol. The minimum atomic E-state index is 0.548. The van der Waals surface area contributed by atoms with Crippen LogP contribution < -0.4 is 15.0 Å². The van der Waals surface area contributed by atoms with Gasteiger partial charge in [0.1, 0.15) is 0 Å². The Labute approximate surface area is 114 Å². The molecule has 5 heteroatoms. The Kier molecular flexibility index (Phi) is 3.82. The van der Waals surface area contributed by atoms with Crippen LogP contribution in [0, 0.1) is 0 Å². The lowest BCUT2D eigenvalue weighted by molar-refractivity contribution is 0.325. The van der Waals surface area contributed by atoms with Crippen LogP contribution in [0.2, 0.25) is 0 Å². The summed E-state index contributed by atoms with van der Waals surface area (Å²) in [6, 6.07) is 1.31. The van der Waals surface area contributed by atoms with Gasteiger partial charge in [0.05, 0.1) is 19.0 Å². The summed E-state index contributed by atoms with van der Waals surface area (Å²) in [5, 5.41) is 3.62. The molecular weight excluding hydrogens is 240 g/mol. The molecule has 1 saturated heterocycles. The number of rotatable bonds is 6. The zero-order valence-corrected chi connectivity index (χ0v) is 11.5. The van der Waals surface area contributed by atoms with Gasteiger partial charge in [-0.1, -0.05) is 0 Å². The van der Waals surface area contributed by atoms with Crippen LogP contribution in [0.5, 0.6) is 5.88 Å². The van der Waals surface area contributed by atoms with Crippen molar-refractivity contribution in [3.63, 3.8) is 0 Å². The average Bonchev–Trinajstić information content (AvgIpc) is 3.14. The van der Waals surface area contributed by atoms with Crippen molar-refractivity contribution in [2.75, 3.05) is 24.6 Å². The molecular formula is C14H22N4O. The van der Waals surface area contributed by atoms with Gasteiger partial charge in [-0.3, -0.25) is 4.98 Å². The molecule has 19 heavy (non-hydrogen) atoms. The molecule has 0 radical (unpaired) electrons. The van der Waals surface area contributed by atoms with Crippen LogP contribution in [0.25, 0.3) is 0 Å². The Balaban J connectivity index is 1.66. The van der Waals surface area contributed by atoms with Crippen LogP contribution in [0.3, 0.4) is 0 Å². The van der Waals surface area contributed by atoms with Crippen LogP contribution in [0.4, 0.5) is 5.82 Å². The molecule has 5 nitrogen and oxygen atoms in total. The van der Waals surface area contributed by atoms with Crippen molar-refractivity contribution in [3.8, 4) is 5.88 Å². The number of nitrogens with zero attached hydrogens (tertiary/aromatic N) is 3. The molecule has 1 aromatic heterocycles. The monoisotopic (exact) mass is 262 g/mol. The first-order valence-corrected chi connectivity index (χ1v) is 7.31. The number of hydrogen-bond acceptors (Lipinski definition) is 5. The zero-order valence-electron chi connectivity index (χ0n) is 11.5. The maximum atomic E-state index is 5.43. The Bertz CT molecular complexity index is 422. The molecule has 1 saturated carbocycles. The van der Waals surface area contributed by atoms with E-state index >= 15 is 0 Å². The largest absolute Gasteiger partial charge is 0.477 e. The summed E-state index contributed by atoms with van der Waals surface area (Å²) in [5.74, 6) is 1.58. The molecule has 3 rings (SSSR count). The van der Waals surface area contributed by atoms with Gasteiger partial charge >= 0.3 is 0 Å². The Morgan fingerprint density at radius 1 is 1.37 bits per heavy atom. The van der Waals surface area contributed by atoms with Gasteiger partial charge in [0.2, 0.25) is 5.88 Å². The number of anilines is 1. The maximum absolute atomic E-state index is 5.43. The van der Waals surface area contributed by atoms with Crippen LogP contribution in [-0.2, 0) is 0 Å². The van der Waals surface area contributed by atoms with Crippen molar-refractivity contribution >= 4 is 5.82 Å². The summed E-state index contributed by atoms with van der Waals surface area (Å²) < 4.78 is 5.43. The molecule has 1 atom stereocenters. The van der Waals surface area contributed by atoms with Crippen LogP contribution >= 0.6 is 0 Å². The number of aromatic nitrogens is 2. The summed E-state index contributed by atoms with van der Waals surface area (Å²) in [5.41, 5.74) is 0. The van der Waals surface area contributed by atoms with Gasteiger partial charge < -0.3 is 15.0 Å². The SMILES string of the molecule is CCOc1cncc(N2CCCC2CNC2CC2)n1. The molecule has 1 aliphatic carbocycles. The van der Waals surface area contributed by atoms with E-state index in [1.54, 1.807) is 6.20 Å². The zero-order chi connectivity index (χ0) is 13.1. The Morgan fingerprint density at radius 3 is 3.05 bits per heavy atom. The molecule has 2 aliphatic rings. The second kappa shape index (κ2) is 5.74. The minimum Gasteiger partial charge on any atom is -0.477 e.